The minimum absolute atomic E-state index is 0.251. The molecule has 0 aliphatic carbocycles. The number of benzene rings is 4. The predicted octanol–water partition coefficient (Wildman–Crippen LogP) is 6.14. The minimum atomic E-state index is -1.55. The zero-order valence-electron chi connectivity index (χ0n) is 20.1. The number of aryl methyl sites for hydroxylation is 2. The number of Topliss-reactive ketones (excluding diaryl/α,β-unsaturated/α-hetero) is 2. The number of carbonyl (C=O) groups excluding carboxylic acids is 4. The van der Waals surface area contributed by atoms with Crippen molar-refractivity contribution in [1.29, 1.82) is 0 Å². The summed E-state index contributed by atoms with van der Waals surface area (Å²) >= 11 is 3.42. The van der Waals surface area contributed by atoms with Gasteiger partial charge < -0.3 is 10.1 Å². The Balaban J connectivity index is 1.56. The summed E-state index contributed by atoms with van der Waals surface area (Å²) < 4.78 is 6.38. The number of fused-ring (bicyclic) bond motifs is 2. The highest BCUT2D eigenvalue weighted by atomic mass is 79.9. The van der Waals surface area contributed by atoms with Crippen molar-refractivity contribution < 1.29 is 23.9 Å². The fourth-order valence-corrected chi connectivity index (χ4v) is 5.45. The van der Waals surface area contributed by atoms with Gasteiger partial charge in [0.05, 0.1) is 5.56 Å². The Morgan fingerprint density at radius 1 is 0.865 bits per heavy atom. The normalized spacial score (nSPS) is 15.1. The van der Waals surface area contributed by atoms with Gasteiger partial charge in [0.2, 0.25) is 5.78 Å². The second-order valence-electron chi connectivity index (χ2n) is 9.05. The summed E-state index contributed by atoms with van der Waals surface area (Å²) in [4.78, 5) is 53.4. The van der Waals surface area contributed by atoms with Gasteiger partial charge in [0.25, 0.3) is 5.91 Å². The van der Waals surface area contributed by atoms with E-state index in [4.69, 9.17) is 4.74 Å². The highest BCUT2D eigenvalue weighted by Gasteiger charge is 2.46. The average molecular weight is 556 g/mol. The molecule has 0 fully saturated rings. The monoisotopic (exact) mass is 555 g/mol. The van der Waals surface area contributed by atoms with Gasteiger partial charge in [-0.15, -0.1) is 0 Å². The van der Waals surface area contributed by atoms with Gasteiger partial charge in [-0.3, -0.25) is 14.4 Å². The van der Waals surface area contributed by atoms with Crippen molar-refractivity contribution in [1.82, 2.24) is 0 Å². The van der Waals surface area contributed by atoms with Crippen molar-refractivity contribution >= 4 is 55.8 Å². The highest BCUT2D eigenvalue weighted by molar-refractivity contribution is 9.10. The molecule has 0 radical (unpaired) electrons. The predicted molar refractivity (Wildman–Crippen MR) is 144 cm³/mol. The quantitative estimate of drug-likeness (QED) is 0.133. The summed E-state index contributed by atoms with van der Waals surface area (Å²) in [6, 6.07) is 22.8. The Morgan fingerprint density at radius 2 is 1.51 bits per heavy atom. The number of carbonyl (C=O) groups is 4. The molecular formula is C30H22BrNO5. The van der Waals surface area contributed by atoms with Crippen molar-refractivity contribution in [2.75, 3.05) is 5.32 Å². The largest absolute Gasteiger partial charge is 0.453 e. The fraction of sp³-hybridized carbons (Fsp3) is 0.133. The summed E-state index contributed by atoms with van der Waals surface area (Å²) in [5, 5.41) is 4.42. The molecule has 0 saturated heterocycles. The molecule has 0 unspecified atom stereocenters. The van der Waals surface area contributed by atoms with Crippen LogP contribution in [0.4, 0.5) is 5.69 Å². The molecule has 2 atom stereocenters. The van der Waals surface area contributed by atoms with Crippen LogP contribution in [0.1, 0.15) is 43.5 Å². The summed E-state index contributed by atoms with van der Waals surface area (Å²) in [6.07, 6.45) is -1.21. The number of nitrogens with one attached hydrogen (secondary N) is 1. The molecule has 1 N–H and O–H groups in total. The van der Waals surface area contributed by atoms with Gasteiger partial charge >= 0.3 is 5.97 Å². The Hall–Kier alpha value is -4.10. The topological polar surface area (TPSA) is 89.5 Å². The van der Waals surface area contributed by atoms with Crippen LogP contribution in [0.5, 0.6) is 0 Å². The van der Waals surface area contributed by atoms with Gasteiger partial charge in [-0.25, -0.2) is 4.79 Å². The Bertz CT molecular complexity index is 1590. The summed E-state index contributed by atoms with van der Waals surface area (Å²) in [5.41, 5.74) is 2.93. The first-order chi connectivity index (χ1) is 17.7. The summed E-state index contributed by atoms with van der Waals surface area (Å²) in [6.45, 7) is 3.62. The van der Waals surface area contributed by atoms with Crippen molar-refractivity contribution in [3.8, 4) is 0 Å². The van der Waals surface area contributed by atoms with E-state index in [-0.39, 0.29) is 11.1 Å². The van der Waals surface area contributed by atoms with Crippen LogP contribution in [-0.4, -0.2) is 23.4 Å². The number of halogens is 1. The van der Waals surface area contributed by atoms with Gasteiger partial charge in [-0.1, -0.05) is 70.5 Å². The lowest BCUT2D eigenvalue weighted by atomic mass is 9.84. The summed E-state index contributed by atoms with van der Waals surface area (Å²) in [7, 11) is 0. The lowest BCUT2D eigenvalue weighted by molar-refractivity contribution is -0.138. The molecule has 1 aliphatic rings. The van der Waals surface area contributed by atoms with E-state index in [0.717, 1.165) is 26.4 Å². The lowest BCUT2D eigenvalue weighted by Gasteiger charge is -2.22. The molecule has 184 valence electrons. The number of hydrogen-bond acceptors (Lipinski definition) is 5. The molecule has 7 heteroatoms. The second-order valence-corrected chi connectivity index (χ2v) is 9.97. The van der Waals surface area contributed by atoms with E-state index in [1.807, 2.05) is 50.2 Å². The molecule has 0 saturated carbocycles. The van der Waals surface area contributed by atoms with E-state index in [1.54, 1.807) is 42.5 Å². The molecule has 4 aromatic carbocycles. The molecule has 6 nitrogen and oxygen atoms in total. The number of rotatable bonds is 6. The lowest BCUT2D eigenvalue weighted by Crippen LogP contribution is -2.38. The number of ether oxygens (including phenoxy) is 1. The molecule has 5 rings (SSSR count). The summed E-state index contributed by atoms with van der Waals surface area (Å²) in [5.74, 6) is -4.71. The van der Waals surface area contributed by atoms with Crippen LogP contribution in [0.2, 0.25) is 0 Å². The van der Waals surface area contributed by atoms with E-state index in [2.05, 4.69) is 21.2 Å². The van der Waals surface area contributed by atoms with Crippen molar-refractivity contribution in [2.24, 2.45) is 5.92 Å². The standard InChI is InChI=1S/C30H22BrNO5/c1-16-13-21(31)14-17(2)25(16)32-29(35)27(34)24(28-22-9-5-6-10-23(22)30(36)37-28)26(33)20-12-11-18-7-3-4-8-19(18)15-20/h3-15,24,28H,1-2H3,(H,32,35)/t24-,28+/m1/s1. The van der Waals surface area contributed by atoms with Crippen molar-refractivity contribution in [2.45, 2.75) is 20.0 Å². The van der Waals surface area contributed by atoms with E-state index in [0.29, 0.717) is 11.3 Å². The van der Waals surface area contributed by atoms with Gasteiger partial charge in [0.1, 0.15) is 12.0 Å². The Morgan fingerprint density at radius 3 is 2.24 bits per heavy atom. The van der Waals surface area contributed by atoms with Crippen LogP contribution >= 0.6 is 15.9 Å². The van der Waals surface area contributed by atoms with Crippen molar-refractivity contribution in [3.05, 3.63) is 111 Å². The first-order valence-corrected chi connectivity index (χ1v) is 12.5. The molecule has 37 heavy (non-hydrogen) atoms. The minimum Gasteiger partial charge on any atom is -0.453 e. The van der Waals surface area contributed by atoms with Crippen molar-refractivity contribution in [3.63, 3.8) is 0 Å². The maximum Gasteiger partial charge on any atom is 0.339 e. The molecule has 1 heterocycles. The van der Waals surface area contributed by atoms with Crippen LogP contribution < -0.4 is 5.32 Å². The maximum absolute atomic E-state index is 13.9. The van der Waals surface area contributed by atoms with Crippen LogP contribution in [-0.2, 0) is 14.3 Å². The number of ketones is 2. The number of esters is 1. The Labute approximate surface area is 221 Å². The molecule has 0 bridgehead atoms. The number of anilines is 1. The third kappa shape index (κ3) is 4.58. The smallest absolute Gasteiger partial charge is 0.339 e. The number of cyclic esters (lactones) is 1. The van der Waals surface area contributed by atoms with Crippen LogP contribution in [0.15, 0.2) is 83.3 Å². The van der Waals surface area contributed by atoms with E-state index < -0.39 is 35.5 Å². The molecule has 1 aliphatic heterocycles. The first kappa shape index (κ1) is 24.6. The van der Waals surface area contributed by atoms with Gasteiger partial charge in [0, 0.05) is 21.3 Å². The zero-order chi connectivity index (χ0) is 26.3. The molecule has 0 spiro atoms. The molecule has 4 aromatic rings. The van der Waals surface area contributed by atoms with Gasteiger partial charge in [-0.2, -0.15) is 0 Å². The first-order valence-electron chi connectivity index (χ1n) is 11.7. The molecular weight excluding hydrogens is 534 g/mol. The highest BCUT2D eigenvalue weighted by Crippen LogP contribution is 2.38. The second kappa shape index (κ2) is 9.75. The maximum atomic E-state index is 13.9. The Kier molecular flexibility index (Phi) is 6.48. The molecule has 1 amide bonds. The van der Waals surface area contributed by atoms with Gasteiger partial charge in [0.15, 0.2) is 5.78 Å². The average Bonchev–Trinajstić information content (AvgIpc) is 3.21. The third-order valence-corrected chi connectivity index (χ3v) is 7.04. The SMILES string of the molecule is Cc1cc(Br)cc(C)c1NC(=O)C(=O)[C@@H](C(=O)c1ccc2ccccc2c1)[C@H]1OC(=O)c2ccccc21. The number of hydrogen-bond donors (Lipinski definition) is 1. The van der Waals surface area contributed by atoms with E-state index in [1.165, 1.54) is 0 Å². The van der Waals surface area contributed by atoms with Crippen LogP contribution in [0.25, 0.3) is 10.8 Å². The molecule has 0 aromatic heterocycles. The van der Waals surface area contributed by atoms with E-state index >= 15 is 0 Å². The third-order valence-electron chi connectivity index (χ3n) is 6.58. The zero-order valence-corrected chi connectivity index (χ0v) is 21.7. The van der Waals surface area contributed by atoms with E-state index in [9.17, 15) is 19.2 Å². The fourth-order valence-electron chi connectivity index (χ4n) is 4.76. The number of amides is 1. The van der Waals surface area contributed by atoms with Crippen LogP contribution in [0.3, 0.4) is 0 Å². The van der Waals surface area contributed by atoms with Gasteiger partial charge in [-0.05, 0) is 60.0 Å². The van der Waals surface area contributed by atoms with Crippen LogP contribution in [0, 0.1) is 19.8 Å².